The van der Waals surface area contributed by atoms with Crippen LogP contribution < -0.4 is 10.2 Å². The van der Waals surface area contributed by atoms with Crippen molar-refractivity contribution in [3.8, 4) is 5.75 Å². The van der Waals surface area contributed by atoms with Gasteiger partial charge in [-0.1, -0.05) is 43.5 Å². The van der Waals surface area contributed by atoms with Gasteiger partial charge in [0.1, 0.15) is 11.3 Å². The van der Waals surface area contributed by atoms with Crippen molar-refractivity contribution in [3.63, 3.8) is 0 Å². The third-order valence-corrected chi connectivity index (χ3v) is 8.20. The Kier molecular flexibility index (Phi) is 6.24. The molecule has 2 aromatic rings. The van der Waals surface area contributed by atoms with Gasteiger partial charge in [-0.2, -0.15) is 0 Å². The highest BCUT2D eigenvalue weighted by molar-refractivity contribution is 6.09. The molecule has 2 amide bonds. The minimum Gasteiger partial charge on any atom is -0.508 e. The topological polar surface area (TPSA) is 110 Å². The Bertz CT molecular complexity index is 1160. The lowest BCUT2D eigenvalue weighted by Gasteiger charge is -2.34. The summed E-state index contributed by atoms with van der Waals surface area (Å²) in [5.41, 5.74) is 0.792. The lowest BCUT2D eigenvalue weighted by atomic mass is 9.76. The summed E-state index contributed by atoms with van der Waals surface area (Å²) >= 11 is 0. The number of carbonyl (C=O) groups is 3. The number of anilines is 1. The van der Waals surface area contributed by atoms with E-state index in [9.17, 15) is 24.6 Å². The number of carboxylic acid groups (broad SMARTS) is 1. The van der Waals surface area contributed by atoms with E-state index in [2.05, 4.69) is 5.32 Å². The Labute approximate surface area is 210 Å². The molecule has 1 aliphatic carbocycles. The van der Waals surface area contributed by atoms with Gasteiger partial charge < -0.3 is 15.1 Å². The van der Waals surface area contributed by atoms with Crippen LogP contribution in [0.3, 0.4) is 0 Å². The Morgan fingerprint density at radius 3 is 2.22 bits per heavy atom. The third kappa shape index (κ3) is 3.93. The molecule has 2 saturated heterocycles. The smallest absolute Gasteiger partial charge is 0.325 e. The molecule has 3 fully saturated rings. The molecule has 36 heavy (non-hydrogen) atoms. The van der Waals surface area contributed by atoms with Gasteiger partial charge in [-0.25, -0.2) is 0 Å². The van der Waals surface area contributed by atoms with Gasteiger partial charge in [0, 0.05) is 38.3 Å². The molecule has 8 heteroatoms. The van der Waals surface area contributed by atoms with Gasteiger partial charge in [0.2, 0.25) is 11.8 Å². The molecule has 2 aromatic carbocycles. The zero-order valence-electron chi connectivity index (χ0n) is 20.7. The predicted octanol–water partition coefficient (Wildman–Crippen LogP) is 3.10. The number of hydrogen-bond acceptors (Lipinski definition) is 6. The number of carbonyl (C=O) groups excluding carboxylic acids is 2. The van der Waals surface area contributed by atoms with E-state index in [1.54, 1.807) is 12.1 Å². The monoisotopic (exact) mass is 491 g/mol. The summed E-state index contributed by atoms with van der Waals surface area (Å²) < 4.78 is 0. The molecular weight excluding hydrogens is 458 g/mol. The van der Waals surface area contributed by atoms with Crippen molar-refractivity contribution in [2.75, 3.05) is 19.0 Å². The molecule has 0 spiro atoms. The minimum atomic E-state index is -1.65. The number of fused-ring (bicyclic) bond motifs is 1. The predicted molar refractivity (Wildman–Crippen MR) is 135 cm³/mol. The van der Waals surface area contributed by atoms with Crippen molar-refractivity contribution in [3.05, 3.63) is 59.7 Å². The van der Waals surface area contributed by atoms with Gasteiger partial charge in [0.15, 0.2) is 0 Å². The molecular formula is C28H33N3O5. The number of nitrogens with one attached hydrogen (secondary N) is 1. The first kappa shape index (κ1) is 24.3. The van der Waals surface area contributed by atoms with Crippen LogP contribution in [0, 0.1) is 11.8 Å². The maximum absolute atomic E-state index is 13.9. The lowest BCUT2D eigenvalue weighted by Crippen LogP contribution is -2.58. The van der Waals surface area contributed by atoms with Crippen molar-refractivity contribution >= 4 is 23.5 Å². The molecule has 8 nitrogen and oxygen atoms in total. The largest absolute Gasteiger partial charge is 0.508 e. The maximum Gasteiger partial charge on any atom is 0.325 e. The first-order valence-corrected chi connectivity index (χ1v) is 12.7. The highest BCUT2D eigenvalue weighted by Gasteiger charge is 2.69. The fourth-order valence-electron chi connectivity index (χ4n) is 6.36. The molecule has 1 saturated carbocycles. The number of hydrogen-bond donors (Lipinski definition) is 3. The van der Waals surface area contributed by atoms with E-state index in [0.717, 1.165) is 43.4 Å². The number of carboxylic acids is 1. The summed E-state index contributed by atoms with van der Waals surface area (Å²) in [7, 11) is 3.88. The normalized spacial score (nSPS) is 28.4. The lowest BCUT2D eigenvalue weighted by molar-refractivity contribution is -0.152. The molecule has 5 rings (SSSR count). The average Bonchev–Trinajstić information content (AvgIpc) is 3.35. The van der Waals surface area contributed by atoms with Gasteiger partial charge in [-0.15, -0.1) is 0 Å². The summed E-state index contributed by atoms with van der Waals surface area (Å²) in [6.45, 7) is 0. The number of aliphatic carboxylic acids is 1. The highest BCUT2D eigenvalue weighted by Crippen LogP contribution is 2.51. The van der Waals surface area contributed by atoms with E-state index in [-0.39, 0.29) is 30.0 Å². The van der Waals surface area contributed by atoms with Crippen LogP contribution in [0.1, 0.15) is 49.3 Å². The SMILES string of the molecule is CN(C)c1ccc(C2NC(Cc3ccc(O)cc3)(C(=O)O)C3C(=O)N(C4CCCCC4)C(=O)C23)cc1. The second kappa shape index (κ2) is 9.24. The third-order valence-electron chi connectivity index (χ3n) is 8.20. The number of likely N-dealkylation sites (tertiary alicyclic amines) is 1. The van der Waals surface area contributed by atoms with Crippen molar-refractivity contribution in [2.24, 2.45) is 11.8 Å². The summed E-state index contributed by atoms with van der Waals surface area (Å²) in [6.07, 6.45) is 4.56. The molecule has 4 unspecified atom stereocenters. The fraction of sp³-hybridized carbons (Fsp3) is 0.464. The average molecular weight is 492 g/mol. The summed E-state index contributed by atoms with van der Waals surface area (Å²) in [6, 6.07) is 13.2. The van der Waals surface area contributed by atoms with E-state index < -0.39 is 29.4 Å². The van der Waals surface area contributed by atoms with E-state index in [1.807, 2.05) is 43.3 Å². The first-order valence-electron chi connectivity index (χ1n) is 12.7. The molecule has 3 aliphatic rings. The molecule has 0 aromatic heterocycles. The quantitative estimate of drug-likeness (QED) is 0.533. The van der Waals surface area contributed by atoms with Gasteiger partial charge >= 0.3 is 5.97 Å². The minimum absolute atomic E-state index is 0.0214. The van der Waals surface area contributed by atoms with Gasteiger partial charge in [-0.05, 0) is 48.2 Å². The van der Waals surface area contributed by atoms with E-state index in [0.29, 0.717) is 5.56 Å². The molecule has 3 N–H and O–H groups in total. The zero-order valence-corrected chi connectivity index (χ0v) is 20.7. The van der Waals surface area contributed by atoms with Crippen LogP contribution in [-0.2, 0) is 20.8 Å². The molecule has 0 bridgehead atoms. The van der Waals surface area contributed by atoms with Gasteiger partial charge in [0.25, 0.3) is 0 Å². The van der Waals surface area contributed by atoms with Crippen LogP contribution in [0.5, 0.6) is 5.75 Å². The van der Waals surface area contributed by atoms with Gasteiger partial charge in [-0.3, -0.25) is 24.6 Å². The van der Waals surface area contributed by atoms with Gasteiger partial charge in [0.05, 0.1) is 11.8 Å². The Morgan fingerprint density at radius 2 is 1.64 bits per heavy atom. The highest BCUT2D eigenvalue weighted by atomic mass is 16.4. The van der Waals surface area contributed by atoms with Crippen LogP contribution in [0.25, 0.3) is 0 Å². The molecule has 0 radical (unpaired) electrons. The van der Waals surface area contributed by atoms with E-state index in [4.69, 9.17) is 0 Å². The van der Waals surface area contributed by atoms with Crippen LogP contribution in [-0.4, -0.2) is 58.6 Å². The number of phenols is 1. The zero-order chi connectivity index (χ0) is 25.6. The second-order valence-corrected chi connectivity index (χ2v) is 10.6. The van der Waals surface area contributed by atoms with Crippen molar-refractivity contribution in [1.82, 2.24) is 10.2 Å². The summed E-state index contributed by atoms with van der Waals surface area (Å²) in [5.74, 6) is -3.52. The molecule has 190 valence electrons. The Morgan fingerprint density at radius 1 is 1.00 bits per heavy atom. The molecule has 4 atom stereocenters. The molecule has 2 aliphatic heterocycles. The standard InChI is InChI=1S/C28H33N3O5/c1-30(2)19-12-10-18(11-13-19)24-22-23(26(34)31(25(22)33)20-6-4-3-5-7-20)28(29-24,27(35)36)16-17-8-14-21(32)15-9-17/h8-15,20,22-24,29,32H,3-7,16H2,1-2H3,(H,35,36). The number of imide groups is 1. The number of rotatable bonds is 6. The number of phenolic OH excluding ortho intramolecular Hbond substituents is 1. The van der Waals surface area contributed by atoms with Crippen LogP contribution in [0.15, 0.2) is 48.5 Å². The van der Waals surface area contributed by atoms with Crippen LogP contribution >= 0.6 is 0 Å². The second-order valence-electron chi connectivity index (χ2n) is 10.6. The number of nitrogens with zero attached hydrogens (tertiary/aromatic N) is 2. The molecule has 2 heterocycles. The van der Waals surface area contributed by atoms with E-state index >= 15 is 0 Å². The Balaban J connectivity index is 1.59. The summed E-state index contributed by atoms with van der Waals surface area (Å²) in [5, 5.41) is 23.6. The van der Waals surface area contributed by atoms with Crippen molar-refractivity contribution < 1.29 is 24.6 Å². The number of benzene rings is 2. The summed E-state index contributed by atoms with van der Waals surface area (Å²) in [4.78, 5) is 44.2. The maximum atomic E-state index is 13.9. The number of amides is 2. The van der Waals surface area contributed by atoms with Crippen molar-refractivity contribution in [2.45, 2.75) is 56.1 Å². The van der Waals surface area contributed by atoms with Crippen LogP contribution in [0.4, 0.5) is 5.69 Å². The van der Waals surface area contributed by atoms with E-state index in [1.165, 1.54) is 17.0 Å². The number of aromatic hydroxyl groups is 1. The Hall–Kier alpha value is -3.39. The fourth-order valence-corrected chi connectivity index (χ4v) is 6.36. The first-order chi connectivity index (χ1) is 17.2. The van der Waals surface area contributed by atoms with Crippen molar-refractivity contribution in [1.29, 1.82) is 0 Å². The van der Waals surface area contributed by atoms with Crippen LogP contribution in [0.2, 0.25) is 0 Å².